The lowest BCUT2D eigenvalue weighted by Crippen LogP contribution is -2.33. The fraction of sp³-hybridized carbons (Fsp3) is 0.455. The number of benzene rings is 1. The van der Waals surface area contributed by atoms with Crippen molar-refractivity contribution in [2.75, 3.05) is 6.61 Å². The van der Waals surface area contributed by atoms with Gasteiger partial charge in [-0.1, -0.05) is 6.07 Å². The predicted molar refractivity (Wildman–Crippen MR) is 70.2 cm³/mol. The molecular formula is C11H15BrFNO3S. The standard InChI is InChI=1S/C11H15BrFNO3S/c1-8(4-3-7-15)14-18(16,17)11-9(12)5-2-6-10(11)13/h2,5-6,8,14-15H,3-4,7H2,1H3. The van der Waals surface area contributed by atoms with Crippen LogP contribution in [0.15, 0.2) is 27.6 Å². The van der Waals surface area contributed by atoms with Gasteiger partial charge in [0, 0.05) is 17.1 Å². The smallest absolute Gasteiger partial charge is 0.244 e. The fourth-order valence-corrected chi connectivity index (χ4v) is 3.92. The van der Waals surface area contributed by atoms with Crippen LogP contribution in [0.4, 0.5) is 4.39 Å². The first-order valence-corrected chi connectivity index (χ1v) is 7.73. The Bertz CT molecular complexity index is 487. The van der Waals surface area contributed by atoms with Gasteiger partial charge in [0.15, 0.2) is 0 Å². The largest absolute Gasteiger partial charge is 0.396 e. The van der Waals surface area contributed by atoms with Crippen molar-refractivity contribution in [2.24, 2.45) is 0 Å². The van der Waals surface area contributed by atoms with Crippen LogP contribution in [-0.4, -0.2) is 26.2 Å². The van der Waals surface area contributed by atoms with E-state index in [0.717, 1.165) is 6.07 Å². The Morgan fingerprint density at radius 3 is 2.72 bits per heavy atom. The zero-order chi connectivity index (χ0) is 13.8. The van der Waals surface area contributed by atoms with Crippen LogP contribution in [0.25, 0.3) is 0 Å². The van der Waals surface area contributed by atoms with E-state index in [-0.39, 0.29) is 22.0 Å². The molecule has 102 valence electrons. The van der Waals surface area contributed by atoms with Gasteiger partial charge in [0.1, 0.15) is 10.7 Å². The zero-order valence-corrected chi connectivity index (χ0v) is 12.3. The van der Waals surface area contributed by atoms with Crippen molar-refractivity contribution in [1.82, 2.24) is 4.72 Å². The molecule has 1 rings (SSSR count). The lowest BCUT2D eigenvalue weighted by Gasteiger charge is -2.14. The molecule has 0 saturated heterocycles. The van der Waals surface area contributed by atoms with E-state index in [9.17, 15) is 12.8 Å². The predicted octanol–water partition coefficient (Wildman–Crippen LogP) is 2.03. The second kappa shape index (κ2) is 6.60. The summed E-state index contributed by atoms with van der Waals surface area (Å²) in [6, 6.07) is 3.62. The second-order valence-corrected chi connectivity index (χ2v) is 6.44. The molecule has 0 aliphatic rings. The molecule has 0 spiro atoms. The van der Waals surface area contributed by atoms with Crippen LogP contribution in [-0.2, 0) is 10.0 Å². The third-order valence-corrected chi connectivity index (χ3v) is 4.93. The molecule has 0 amide bonds. The SMILES string of the molecule is CC(CCCO)NS(=O)(=O)c1c(F)cccc1Br. The van der Waals surface area contributed by atoms with Gasteiger partial charge in [0.2, 0.25) is 10.0 Å². The van der Waals surface area contributed by atoms with Crippen molar-refractivity contribution in [1.29, 1.82) is 0 Å². The number of halogens is 2. The summed E-state index contributed by atoms with van der Waals surface area (Å²) in [6.07, 6.45) is 0.976. The van der Waals surface area contributed by atoms with Crippen LogP contribution < -0.4 is 4.72 Å². The van der Waals surface area contributed by atoms with Gasteiger partial charge in [-0.2, -0.15) is 0 Å². The Balaban J connectivity index is 2.93. The lowest BCUT2D eigenvalue weighted by atomic mass is 10.2. The van der Waals surface area contributed by atoms with Crippen molar-refractivity contribution in [3.63, 3.8) is 0 Å². The summed E-state index contributed by atoms with van der Waals surface area (Å²) in [5.74, 6) is -0.800. The monoisotopic (exact) mass is 339 g/mol. The van der Waals surface area contributed by atoms with E-state index >= 15 is 0 Å². The minimum atomic E-state index is -3.90. The maximum Gasteiger partial charge on any atom is 0.244 e. The molecule has 2 N–H and O–H groups in total. The highest BCUT2D eigenvalue weighted by atomic mass is 79.9. The van der Waals surface area contributed by atoms with Crippen molar-refractivity contribution in [2.45, 2.75) is 30.7 Å². The van der Waals surface area contributed by atoms with Gasteiger partial charge in [-0.25, -0.2) is 17.5 Å². The van der Waals surface area contributed by atoms with Crippen LogP contribution >= 0.6 is 15.9 Å². The Morgan fingerprint density at radius 2 is 2.17 bits per heavy atom. The first-order valence-electron chi connectivity index (χ1n) is 5.45. The minimum absolute atomic E-state index is 0.00450. The average molecular weight is 340 g/mol. The summed E-state index contributed by atoms with van der Waals surface area (Å²) < 4.78 is 40.1. The molecule has 7 heteroatoms. The molecule has 1 unspecified atom stereocenters. The van der Waals surface area contributed by atoms with E-state index in [1.54, 1.807) is 6.92 Å². The van der Waals surface area contributed by atoms with Crippen LogP contribution in [0.3, 0.4) is 0 Å². The lowest BCUT2D eigenvalue weighted by molar-refractivity contribution is 0.279. The molecule has 0 aliphatic carbocycles. The number of aliphatic hydroxyl groups is 1. The maximum atomic E-state index is 13.6. The van der Waals surface area contributed by atoms with Gasteiger partial charge in [-0.05, 0) is 47.8 Å². The quantitative estimate of drug-likeness (QED) is 0.833. The molecular weight excluding hydrogens is 325 g/mol. The minimum Gasteiger partial charge on any atom is -0.396 e. The number of aliphatic hydroxyl groups excluding tert-OH is 1. The maximum absolute atomic E-state index is 13.6. The van der Waals surface area contributed by atoms with E-state index in [1.807, 2.05) is 0 Å². The normalized spacial score (nSPS) is 13.6. The molecule has 0 fully saturated rings. The highest BCUT2D eigenvalue weighted by Crippen LogP contribution is 2.24. The van der Waals surface area contributed by atoms with Crippen LogP contribution in [0.1, 0.15) is 19.8 Å². The fourth-order valence-electron chi connectivity index (χ4n) is 1.52. The van der Waals surface area contributed by atoms with Gasteiger partial charge in [0.05, 0.1) is 0 Å². The highest BCUT2D eigenvalue weighted by Gasteiger charge is 2.23. The number of hydrogen-bond acceptors (Lipinski definition) is 3. The zero-order valence-electron chi connectivity index (χ0n) is 9.86. The number of rotatable bonds is 6. The second-order valence-electron chi connectivity index (χ2n) is 3.94. The summed E-state index contributed by atoms with van der Waals surface area (Å²) >= 11 is 3.03. The number of sulfonamides is 1. The van der Waals surface area contributed by atoms with Gasteiger partial charge in [-0.3, -0.25) is 0 Å². The van der Waals surface area contributed by atoms with E-state index < -0.39 is 15.8 Å². The molecule has 0 aliphatic heterocycles. The molecule has 0 bridgehead atoms. The van der Waals surface area contributed by atoms with Gasteiger partial charge in [0.25, 0.3) is 0 Å². The first-order chi connectivity index (χ1) is 8.38. The Kier molecular flexibility index (Phi) is 5.71. The van der Waals surface area contributed by atoms with Crippen molar-refractivity contribution < 1.29 is 17.9 Å². The highest BCUT2D eigenvalue weighted by molar-refractivity contribution is 9.10. The molecule has 4 nitrogen and oxygen atoms in total. The summed E-state index contributed by atoms with van der Waals surface area (Å²) in [5, 5.41) is 8.67. The van der Waals surface area contributed by atoms with Crippen molar-refractivity contribution >= 4 is 26.0 Å². The van der Waals surface area contributed by atoms with E-state index in [2.05, 4.69) is 20.7 Å². The number of hydrogen-bond donors (Lipinski definition) is 2. The van der Waals surface area contributed by atoms with E-state index in [0.29, 0.717) is 12.8 Å². The van der Waals surface area contributed by atoms with Gasteiger partial charge in [-0.15, -0.1) is 0 Å². The Morgan fingerprint density at radius 1 is 1.50 bits per heavy atom. The number of nitrogens with one attached hydrogen (secondary N) is 1. The molecule has 1 atom stereocenters. The summed E-state index contributed by atoms with van der Waals surface area (Å²) in [6.45, 7) is 1.66. The van der Waals surface area contributed by atoms with Crippen LogP contribution in [0.5, 0.6) is 0 Å². The summed E-state index contributed by atoms with van der Waals surface area (Å²) in [5.41, 5.74) is 0. The molecule has 1 aromatic rings. The average Bonchev–Trinajstić information content (AvgIpc) is 2.25. The Labute approximate surface area is 114 Å². The third kappa shape index (κ3) is 4.01. The first kappa shape index (κ1) is 15.6. The van der Waals surface area contributed by atoms with Gasteiger partial charge >= 0.3 is 0 Å². The molecule has 0 aromatic heterocycles. The van der Waals surface area contributed by atoms with Crippen LogP contribution in [0, 0.1) is 5.82 Å². The molecule has 0 heterocycles. The van der Waals surface area contributed by atoms with E-state index in [1.165, 1.54) is 12.1 Å². The van der Waals surface area contributed by atoms with Crippen LogP contribution in [0.2, 0.25) is 0 Å². The molecule has 18 heavy (non-hydrogen) atoms. The summed E-state index contributed by atoms with van der Waals surface area (Å²) in [4.78, 5) is -0.388. The van der Waals surface area contributed by atoms with Crippen molar-refractivity contribution in [3.8, 4) is 0 Å². The molecule has 0 radical (unpaired) electrons. The Hall–Kier alpha value is -0.500. The van der Waals surface area contributed by atoms with Gasteiger partial charge < -0.3 is 5.11 Å². The van der Waals surface area contributed by atoms with Crippen molar-refractivity contribution in [3.05, 3.63) is 28.5 Å². The topological polar surface area (TPSA) is 66.4 Å². The molecule has 0 saturated carbocycles. The third-order valence-electron chi connectivity index (χ3n) is 2.34. The summed E-state index contributed by atoms with van der Waals surface area (Å²) in [7, 11) is -3.90. The molecule has 1 aromatic carbocycles. The van der Waals surface area contributed by atoms with E-state index in [4.69, 9.17) is 5.11 Å².